The quantitative estimate of drug-likeness (QED) is 0.872. The van der Waals surface area contributed by atoms with E-state index in [0.29, 0.717) is 6.54 Å². The summed E-state index contributed by atoms with van der Waals surface area (Å²) in [4.78, 5) is 13.3. The number of benzene rings is 1. The monoisotopic (exact) mass is 327 g/mol. The molecule has 0 radical (unpaired) electrons. The SMILES string of the molecule is C[C@@H]1C[NH+](CC(=O)Nc2ccccc2Br)C[C@H](C)O1. The summed E-state index contributed by atoms with van der Waals surface area (Å²) < 4.78 is 6.58. The smallest absolute Gasteiger partial charge is 0.279 e. The number of carbonyl (C=O) groups is 1. The Balaban J connectivity index is 1.89. The zero-order valence-electron chi connectivity index (χ0n) is 11.3. The number of para-hydroxylation sites is 1. The molecule has 0 aliphatic carbocycles. The van der Waals surface area contributed by atoms with Crippen LogP contribution in [0.1, 0.15) is 13.8 Å². The van der Waals surface area contributed by atoms with Crippen molar-refractivity contribution in [1.82, 2.24) is 0 Å². The van der Waals surface area contributed by atoms with Crippen molar-refractivity contribution in [3.63, 3.8) is 0 Å². The van der Waals surface area contributed by atoms with Gasteiger partial charge in [0.05, 0.1) is 5.69 Å². The molecule has 4 nitrogen and oxygen atoms in total. The summed E-state index contributed by atoms with van der Waals surface area (Å²) in [5.41, 5.74) is 0.821. The topological polar surface area (TPSA) is 42.8 Å². The van der Waals surface area contributed by atoms with E-state index < -0.39 is 0 Å². The predicted molar refractivity (Wildman–Crippen MR) is 78.3 cm³/mol. The molecule has 1 aliphatic heterocycles. The molecule has 2 N–H and O–H groups in total. The largest absolute Gasteiger partial charge is 0.364 e. The van der Waals surface area contributed by atoms with E-state index in [9.17, 15) is 4.79 Å². The number of halogens is 1. The van der Waals surface area contributed by atoms with Crippen molar-refractivity contribution < 1.29 is 14.4 Å². The number of hydrogen-bond donors (Lipinski definition) is 2. The van der Waals surface area contributed by atoms with Crippen LogP contribution in [0.2, 0.25) is 0 Å². The molecule has 2 rings (SSSR count). The van der Waals surface area contributed by atoms with Gasteiger partial charge < -0.3 is 15.0 Å². The van der Waals surface area contributed by atoms with Gasteiger partial charge in [-0.3, -0.25) is 4.79 Å². The van der Waals surface area contributed by atoms with Gasteiger partial charge in [0.2, 0.25) is 0 Å². The number of hydrogen-bond acceptors (Lipinski definition) is 2. The minimum atomic E-state index is 0.0446. The van der Waals surface area contributed by atoms with E-state index in [1.165, 1.54) is 4.90 Å². The number of anilines is 1. The average molecular weight is 328 g/mol. The lowest BCUT2D eigenvalue weighted by atomic mass is 10.2. The van der Waals surface area contributed by atoms with Crippen LogP contribution in [-0.2, 0) is 9.53 Å². The second kappa shape index (κ2) is 6.50. The average Bonchev–Trinajstić information content (AvgIpc) is 2.30. The van der Waals surface area contributed by atoms with E-state index in [4.69, 9.17) is 4.74 Å². The maximum Gasteiger partial charge on any atom is 0.279 e. The molecule has 3 atom stereocenters. The van der Waals surface area contributed by atoms with Crippen LogP contribution < -0.4 is 10.2 Å². The molecule has 0 spiro atoms. The van der Waals surface area contributed by atoms with Gasteiger partial charge in [-0.15, -0.1) is 0 Å². The Kier molecular flexibility index (Phi) is 4.96. The van der Waals surface area contributed by atoms with Crippen LogP contribution in [0, 0.1) is 0 Å². The molecular formula is C14H20BrN2O2+. The van der Waals surface area contributed by atoms with Crippen molar-refractivity contribution in [2.75, 3.05) is 25.0 Å². The third-order valence-corrected chi connectivity index (χ3v) is 3.87. The number of morpholine rings is 1. The van der Waals surface area contributed by atoms with Crippen molar-refractivity contribution in [1.29, 1.82) is 0 Å². The van der Waals surface area contributed by atoms with Crippen molar-refractivity contribution in [3.8, 4) is 0 Å². The van der Waals surface area contributed by atoms with Gasteiger partial charge in [0.15, 0.2) is 6.54 Å². The molecule has 0 bridgehead atoms. The fraction of sp³-hybridized carbons (Fsp3) is 0.500. The van der Waals surface area contributed by atoms with Gasteiger partial charge >= 0.3 is 0 Å². The zero-order chi connectivity index (χ0) is 13.8. The molecule has 1 aromatic rings. The van der Waals surface area contributed by atoms with E-state index >= 15 is 0 Å². The van der Waals surface area contributed by atoms with Crippen LogP contribution >= 0.6 is 15.9 Å². The lowest BCUT2D eigenvalue weighted by Gasteiger charge is -2.31. The van der Waals surface area contributed by atoms with Crippen LogP contribution in [0.4, 0.5) is 5.69 Å². The first kappa shape index (κ1) is 14.5. The molecule has 104 valence electrons. The summed E-state index contributed by atoms with van der Waals surface area (Å²) in [7, 11) is 0. The molecular weight excluding hydrogens is 308 g/mol. The Morgan fingerprint density at radius 2 is 2.00 bits per heavy atom. The minimum absolute atomic E-state index is 0.0446. The van der Waals surface area contributed by atoms with Crippen LogP contribution in [0.3, 0.4) is 0 Å². The minimum Gasteiger partial charge on any atom is -0.364 e. The highest BCUT2D eigenvalue weighted by atomic mass is 79.9. The highest BCUT2D eigenvalue weighted by Crippen LogP contribution is 2.20. The van der Waals surface area contributed by atoms with Gasteiger partial charge in [-0.2, -0.15) is 0 Å². The highest BCUT2D eigenvalue weighted by molar-refractivity contribution is 9.10. The third-order valence-electron chi connectivity index (χ3n) is 3.18. The van der Waals surface area contributed by atoms with Crippen LogP contribution in [0.5, 0.6) is 0 Å². The first-order valence-corrected chi connectivity index (χ1v) is 7.37. The number of nitrogens with one attached hydrogen (secondary N) is 2. The van der Waals surface area contributed by atoms with Gasteiger partial charge in [-0.1, -0.05) is 12.1 Å². The number of amides is 1. The summed E-state index contributed by atoms with van der Waals surface area (Å²) in [6.45, 7) is 6.36. The zero-order valence-corrected chi connectivity index (χ0v) is 12.9. The predicted octanol–water partition coefficient (Wildman–Crippen LogP) is 1.08. The van der Waals surface area contributed by atoms with Gasteiger partial charge in [0.1, 0.15) is 25.3 Å². The molecule has 1 heterocycles. The van der Waals surface area contributed by atoms with Crippen LogP contribution in [-0.4, -0.2) is 37.7 Å². The molecule has 0 aromatic heterocycles. The van der Waals surface area contributed by atoms with Crippen molar-refractivity contribution >= 4 is 27.5 Å². The first-order chi connectivity index (χ1) is 9.04. The lowest BCUT2D eigenvalue weighted by Crippen LogP contribution is -3.16. The van der Waals surface area contributed by atoms with Crippen molar-refractivity contribution in [2.24, 2.45) is 0 Å². The van der Waals surface area contributed by atoms with E-state index in [0.717, 1.165) is 23.2 Å². The Hall–Kier alpha value is -0.910. The number of rotatable bonds is 3. The fourth-order valence-electron chi connectivity index (χ4n) is 2.52. The molecule has 1 fully saturated rings. The van der Waals surface area contributed by atoms with E-state index in [1.807, 2.05) is 24.3 Å². The molecule has 5 heteroatoms. The van der Waals surface area contributed by atoms with E-state index in [2.05, 4.69) is 35.1 Å². The highest BCUT2D eigenvalue weighted by Gasteiger charge is 2.27. The Bertz CT molecular complexity index is 443. The Labute approximate surface area is 122 Å². The number of ether oxygens (including phenoxy) is 1. The van der Waals surface area contributed by atoms with Crippen LogP contribution in [0.25, 0.3) is 0 Å². The lowest BCUT2D eigenvalue weighted by molar-refractivity contribution is -0.907. The molecule has 1 unspecified atom stereocenters. The molecule has 0 saturated carbocycles. The number of carbonyl (C=O) groups excluding carboxylic acids is 1. The molecule has 1 aromatic carbocycles. The van der Waals surface area contributed by atoms with E-state index in [1.54, 1.807) is 0 Å². The molecule has 1 saturated heterocycles. The second-order valence-electron chi connectivity index (χ2n) is 5.12. The Morgan fingerprint density at radius 3 is 2.63 bits per heavy atom. The fourth-order valence-corrected chi connectivity index (χ4v) is 2.90. The van der Waals surface area contributed by atoms with Gasteiger partial charge in [0, 0.05) is 4.47 Å². The maximum atomic E-state index is 12.1. The molecule has 1 aliphatic rings. The summed E-state index contributed by atoms with van der Waals surface area (Å²) in [5, 5.41) is 2.94. The normalized spacial score (nSPS) is 27.0. The van der Waals surface area contributed by atoms with E-state index in [-0.39, 0.29) is 18.1 Å². The van der Waals surface area contributed by atoms with Gasteiger partial charge in [-0.25, -0.2) is 0 Å². The first-order valence-electron chi connectivity index (χ1n) is 6.58. The summed E-state index contributed by atoms with van der Waals surface area (Å²) in [6.07, 6.45) is 0.435. The number of quaternary nitrogens is 1. The standard InChI is InChI=1S/C14H19BrN2O2/c1-10-7-17(8-11(2)19-10)9-14(18)16-13-6-4-3-5-12(13)15/h3-6,10-11H,7-9H2,1-2H3,(H,16,18)/p+1/t10-,11+. The molecule has 1 amide bonds. The van der Waals surface area contributed by atoms with Gasteiger partial charge in [-0.05, 0) is 41.9 Å². The van der Waals surface area contributed by atoms with Gasteiger partial charge in [0.25, 0.3) is 5.91 Å². The van der Waals surface area contributed by atoms with Crippen LogP contribution in [0.15, 0.2) is 28.7 Å². The summed E-state index contributed by atoms with van der Waals surface area (Å²) >= 11 is 3.43. The van der Waals surface area contributed by atoms with Crippen molar-refractivity contribution in [3.05, 3.63) is 28.7 Å². The summed E-state index contributed by atoms with van der Waals surface area (Å²) in [5.74, 6) is 0.0446. The summed E-state index contributed by atoms with van der Waals surface area (Å²) in [6, 6.07) is 7.64. The van der Waals surface area contributed by atoms with Crippen molar-refractivity contribution in [2.45, 2.75) is 26.1 Å². The second-order valence-corrected chi connectivity index (χ2v) is 5.97. The maximum absolute atomic E-state index is 12.1. The Morgan fingerprint density at radius 1 is 1.37 bits per heavy atom. The third kappa shape index (κ3) is 4.30. The molecule has 19 heavy (non-hydrogen) atoms.